The first kappa shape index (κ1) is 11.8. The van der Waals surface area contributed by atoms with Gasteiger partial charge in [0, 0.05) is 10.3 Å². The van der Waals surface area contributed by atoms with Crippen molar-refractivity contribution in [2.45, 2.75) is 13.0 Å². The Morgan fingerprint density at radius 2 is 2.29 bits per heavy atom. The van der Waals surface area contributed by atoms with Crippen LogP contribution in [0.1, 0.15) is 18.5 Å². The molecule has 0 bridgehead atoms. The Kier molecular flexibility index (Phi) is 3.22. The highest BCUT2D eigenvalue weighted by Gasteiger charge is 2.41. The van der Waals surface area contributed by atoms with Crippen LogP contribution in [0.15, 0.2) is 29.4 Å². The molecule has 1 unspecified atom stereocenters. The lowest BCUT2D eigenvalue weighted by molar-refractivity contribution is -0.115. The summed E-state index contributed by atoms with van der Waals surface area (Å²) in [5, 5.41) is 3.91. The van der Waals surface area contributed by atoms with E-state index in [0.29, 0.717) is 13.2 Å². The van der Waals surface area contributed by atoms with Gasteiger partial charge < -0.3 is 9.47 Å². The van der Waals surface area contributed by atoms with E-state index >= 15 is 0 Å². The summed E-state index contributed by atoms with van der Waals surface area (Å²) in [5.41, 5.74) is 9.55. The number of hydrogen-bond acceptors (Lipinski definition) is 3. The fourth-order valence-electron chi connectivity index (χ4n) is 2.05. The summed E-state index contributed by atoms with van der Waals surface area (Å²) in [4.78, 5) is 2.94. The number of nitrogens with zero attached hydrogens (tertiary/aromatic N) is 3. The van der Waals surface area contributed by atoms with Crippen LogP contribution in [0, 0.1) is 5.41 Å². The van der Waals surface area contributed by atoms with Crippen LogP contribution in [0.5, 0.6) is 5.75 Å². The Labute approximate surface area is 100.0 Å². The van der Waals surface area contributed by atoms with Gasteiger partial charge in [0.15, 0.2) is 0 Å². The van der Waals surface area contributed by atoms with Crippen LogP contribution in [-0.4, -0.2) is 20.3 Å². The van der Waals surface area contributed by atoms with Crippen LogP contribution in [0.2, 0.25) is 0 Å². The minimum absolute atomic E-state index is 0.113. The molecule has 1 aliphatic rings. The molecule has 2 rings (SSSR count). The van der Waals surface area contributed by atoms with Crippen LogP contribution >= 0.6 is 0 Å². The Bertz CT molecular complexity index is 451. The SMILES string of the molecule is COc1cccc(C(N=[N+]=[N-])C2(C)COC2)c1. The number of rotatable bonds is 4. The van der Waals surface area contributed by atoms with Crippen molar-refractivity contribution in [3.8, 4) is 5.75 Å². The number of methoxy groups -OCH3 is 1. The lowest BCUT2D eigenvalue weighted by Gasteiger charge is -2.42. The highest BCUT2D eigenvalue weighted by atomic mass is 16.5. The molecule has 1 aromatic carbocycles. The van der Waals surface area contributed by atoms with E-state index in [1.807, 2.05) is 24.3 Å². The quantitative estimate of drug-likeness (QED) is 0.455. The van der Waals surface area contributed by atoms with E-state index in [2.05, 4.69) is 16.9 Å². The van der Waals surface area contributed by atoms with Gasteiger partial charge in [-0.1, -0.05) is 24.2 Å². The first-order valence-electron chi connectivity index (χ1n) is 5.45. The van der Waals surface area contributed by atoms with Crippen molar-refractivity contribution in [2.24, 2.45) is 10.5 Å². The van der Waals surface area contributed by atoms with Gasteiger partial charge in [-0.2, -0.15) is 0 Å². The molecule has 0 amide bonds. The topological polar surface area (TPSA) is 67.2 Å². The molecule has 1 heterocycles. The molecule has 0 N–H and O–H groups in total. The lowest BCUT2D eigenvalue weighted by Crippen LogP contribution is -2.44. The van der Waals surface area contributed by atoms with Crippen LogP contribution < -0.4 is 4.74 Å². The summed E-state index contributed by atoms with van der Waals surface area (Å²) in [6.45, 7) is 3.30. The summed E-state index contributed by atoms with van der Waals surface area (Å²) >= 11 is 0. The standard InChI is InChI=1S/C12H15N3O2/c1-12(7-17-8-12)11(14-15-13)9-4-3-5-10(6-9)16-2/h3-6,11H,7-8H2,1-2H3. The summed E-state index contributed by atoms with van der Waals surface area (Å²) in [7, 11) is 1.62. The summed E-state index contributed by atoms with van der Waals surface area (Å²) in [6.07, 6.45) is 0. The van der Waals surface area contributed by atoms with Crippen LogP contribution in [-0.2, 0) is 4.74 Å². The second kappa shape index (κ2) is 4.65. The molecule has 0 aliphatic carbocycles. The molecule has 0 radical (unpaired) electrons. The van der Waals surface area contributed by atoms with Crippen molar-refractivity contribution in [1.29, 1.82) is 0 Å². The third kappa shape index (κ3) is 2.20. The van der Waals surface area contributed by atoms with Crippen LogP contribution in [0.25, 0.3) is 10.4 Å². The fraction of sp³-hybridized carbons (Fsp3) is 0.500. The van der Waals surface area contributed by atoms with Gasteiger partial charge >= 0.3 is 0 Å². The van der Waals surface area contributed by atoms with E-state index in [1.165, 1.54) is 0 Å². The second-order valence-electron chi connectivity index (χ2n) is 4.53. The van der Waals surface area contributed by atoms with Crippen LogP contribution in [0.4, 0.5) is 0 Å². The summed E-state index contributed by atoms with van der Waals surface area (Å²) < 4.78 is 10.4. The van der Waals surface area contributed by atoms with Crippen molar-refractivity contribution in [2.75, 3.05) is 20.3 Å². The predicted octanol–water partition coefficient (Wildman–Crippen LogP) is 3.08. The van der Waals surface area contributed by atoms with Gasteiger partial charge in [-0.05, 0) is 23.2 Å². The highest BCUT2D eigenvalue weighted by Crippen LogP contribution is 2.43. The average Bonchev–Trinajstić information content (AvgIpc) is 2.33. The van der Waals surface area contributed by atoms with Gasteiger partial charge in [0.1, 0.15) is 5.75 Å². The Balaban J connectivity index is 2.35. The number of azide groups is 1. The molecule has 0 spiro atoms. The van der Waals surface area contributed by atoms with Crippen molar-refractivity contribution in [3.63, 3.8) is 0 Å². The van der Waals surface area contributed by atoms with E-state index < -0.39 is 0 Å². The molecule has 0 aromatic heterocycles. The zero-order valence-corrected chi connectivity index (χ0v) is 9.96. The molecular formula is C12H15N3O2. The summed E-state index contributed by atoms with van der Waals surface area (Å²) in [6, 6.07) is 7.41. The van der Waals surface area contributed by atoms with Crippen molar-refractivity contribution >= 4 is 0 Å². The van der Waals surface area contributed by atoms with Crippen LogP contribution in [0.3, 0.4) is 0 Å². The fourth-order valence-corrected chi connectivity index (χ4v) is 2.05. The molecular weight excluding hydrogens is 218 g/mol. The largest absolute Gasteiger partial charge is 0.497 e. The normalized spacial score (nSPS) is 18.7. The van der Waals surface area contributed by atoms with E-state index in [1.54, 1.807) is 7.11 Å². The Morgan fingerprint density at radius 3 is 2.82 bits per heavy atom. The molecule has 90 valence electrons. The maximum atomic E-state index is 8.69. The second-order valence-corrected chi connectivity index (χ2v) is 4.53. The molecule has 5 nitrogen and oxygen atoms in total. The molecule has 1 aliphatic heterocycles. The smallest absolute Gasteiger partial charge is 0.119 e. The molecule has 5 heteroatoms. The monoisotopic (exact) mass is 233 g/mol. The van der Waals surface area contributed by atoms with Gasteiger partial charge in [-0.15, -0.1) is 0 Å². The van der Waals surface area contributed by atoms with Gasteiger partial charge in [0.25, 0.3) is 0 Å². The van der Waals surface area contributed by atoms with Crippen molar-refractivity contribution in [1.82, 2.24) is 0 Å². The minimum Gasteiger partial charge on any atom is -0.497 e. The summed E-state index contributed by atoms with van der Waals surface area (Å²) in [5.74, 6) is 0.768. The molecule has 1 aromatic rings. The third-order valence-corrected chi connectivity index (χ3v) is 3.10. The number of ether oxygens (including phenoxy) is 2. The zero-order valence-electron chi connectivity index (χ0n) is 9.96. The van der Waals surface area contributed by atoms with Crippen molar-refractivity contribution < 1.29 is 9.47 Å². The lowest BCUT2D eigenvalue weighted by atomic mass is 9.77. The van der Waals surface area contributed by atoms with Gasteiger partial charge in [-0.25, -0.2) is 0 Å². The first-order valence-corrected chi connectivity index (χ1v) is 5.45. The molecule has 1 fully saturated rings. The first-order chi connectivity index (χ1) is 8.19. The van der Waals surface area contributed by atoms with E-state index in [0.717, 1.165) is 11.3 Å². The number of benzene rings is 1. The number of hydrogen-bond donors (Lipinski definition) is 0. The Hall–Kier alpha value is -1.71. The molecule has 1 saturated heterocycles. The zero-order chi connectivity index (χ0) is 12.3. The minimum atomic E-state index is -0.212. The van der Waals surface area contributed by atoms with Crippen molar-refractivity contribution in [3.05, 3.63) is 40.3 Å². The third-order valence-electron chi connectivity index (χ3n) is 3.10. The maximum Gasteiger partial charge on any atom is 0.119 e. The average molecular weight is 233 g/mol. The van der Waals surface area contributed by atoms with Gasteiger partial charge in [0.05, 0.1) is 26.4 Å². The highest BCUT2D eigenvalue weighted by molar-refractivity contribution is 5.32. The van der Waals surface area contributed by atoms with E-state index in [-0.39, 0.29) is 11.5 Å². The maximum absolute atomic E-state index is 8.69. The molecule has 1 atom stereocenters. The molecule has 0 saturated carbocycles. The van der Waals surface area contributed by atoms with E-state index in [9.17, 15) is 0 Å². The van der Waals surface area contributed by atoms with Gasteiger partial charge in [0.2, 0.25) is 0 Å². The van der Waals surface area contributed by atoms with Gasteiger partial charge in [-0.3, -0.25) is 0 Å². The van der Waals surface area contributed by atoms with E-state index in [4.69, 9.17) is 15.0 Å². The molecule has 17 heavy (non-hydrogen) atoms. The Morgan fingerprint density at radius 1 is 1.53 bits per heavy atom. The predicted molar refractivity (Wildman–Crippen MR) is 63.8 cm³/mol.